The molecule has 1 aromatic carbocycles. The zero-order valence-electron chi connectivity index (χ0n) is 9.97. The fraction of sp³-hybridized carbons (Fsp3) is 0.231. The van der Waals surface area contributed by atoms with E-state index in [0.717, 1.165) is 27.7 Å². The summed E-state index contributed by atoms with van der Waals surface area (Å²) in [4.78, 5) is 8.53. The predicted octanol–water partition coefficient (Wildman–Crippen LogP) is 2.97. The molecule has 0 saturated carbocycles. The maximum absolute atomic E-state index is 5.87. The molecule has 0 atom stereocenters. The van der Waals surface area contributed by atoms with Gasteiger partial charge in [0.2, 0.25) is 0 Å². The predicted molar refractivity (Wildman–Crippen MR) is 71.9 cm³/mol. The van der Waals surface area contributed by atoms with Crippen molar-refractivity contribution in [2.45, 2.75) is 24.8 Å². The van der Waals surface area contributed by atoms with Gasteiger partial charge in [-0.2, -0.15) is 0 Å². The molecule has 0 aliphatic heterocycles. The van der Waals surface area contributed by atoms with E-state index in [0.29, 0.717) is 0 Å². The monoisotopic (exact) mass is 245 g/mol. The molecule has 17 heavy (non-hydrogen) atoms. The molecule has 2 N–H and O–H groups in total. The van der Waals surface area contributed by atoms with Crippen molar-refractivity contribution in [1.29, 1.82) is 0 Å². The summed E-state index contributed by atoms with van der Waals surface area (Å²) in [6.45, 7) is 4.03. The fourth-order valence-electron chi connectivity index (χ4n) is 1.46. The van der Waals surface area contributed by atoms with Crippen LogP contribution in [0.25, 0.3) is 0 Å². The number of hydrogen-bond acceptors (Lipinski definition) is 4. The van der Waals surface area contributed by atoms with Gasteiger partial charge >= 0.3 is 0 Å². The molecule has 0 fully saturated rings. The lowest BCUT2D eigenvalue weighted by Crippen LogP contribution is -1.94. The van der Waals surface area contributed by atoms with Gasteiger partial charge in [-0.1, -0.05) is 23.9 Å². The van der Waals surface area contributed by atoms with Crippen LogP contribution < -0.4 is 5.73 Å². The van der Waals surface area contributed by atoms with Crippen LogP contribution in [-0.2, 0) is 5.75 Å². The Labute approximate surface area is 105 Å². The summed E-state index contributed by atoms with van der Waals surface area (Å²) in [6, 6.07) is 5.99. The zero-order valence-corrected chi connectivity index (χ0v) is 10.8. The fourth-order valence-corrected chi connectivity index (χ4v) is 2.31. The van der Waals surface area contributed by atoms with E-state index in [1.807, 2.05) is 38.4 Å². The standard InChI is InChI=1S/C13H15N3S/c1-9-6-15-13(16-7-9)17-8-11-4-3-5-12(14)10(11)2/h3-7H,8,14H2,1-2H3. The average molecular weight is 245 g/mol. The SMILES string of the molecule is Cc1cnc(SCc2cccc(N)c2C)nc1. The zero-order chi connectivity index (χ0) is 12.3. The Balaban J connectivity index is 2.07. The lowest BCUT2D eigenvalue weighted by atomic mass is 10.1. The van der Waals surface area contributed by atoms with Gasteiger partial charge in [0.15, 0.2) is 5.16 Å². The highest BCUT2D eigenvalue weighted by Gasteiger charge is 2.03. The van der Waals surface area contributed by atoms with Crippen molar-refractivity contribution in [3.63, 3.8) is 0 Å². The summed E-state index contributed by atoms with van der Waals surface area (Å²) in [5.74, 6) is 0.847. The Bertz CT molecular complexity index is 509. The molecule has 0 spiro atoms. The van der Waals surface area contributed by atoms with Crippen molar-refractivity contribution in [1.82, 2.24) is 9.97 Å². The van der Waals surface area contributed by atoms with Gasteiger partial charge < -0.3 is 5.73 Å². The summed E-state index contributed by atoms with van der Waals surface area (Å²) in [5, 5.41) is 0.803. The number of rotatable bonds is 3. The lowest BCUT2D eigenvalue weighted by Gasteiger charge is -2.07. The van der Waals surface area contributed by atoms with Crippen LogP contribution in [0.2, 0.25) is 0 Å². The van der Waals surface area contributed by atoms with Gasteiger partial charge in [-0.3, -0.25) is 0 Å². The van der Waals surface area contributed by atoms with Gasteiger partial charge in [0.05, 0.1) is 0 Å². The maximum Gasteiger partial charge on any atom is 0.187 e. The van der Waals surface area contributed by atoms with Gasteiger partial charge in [-0.15, -0.1) is 0 Å². The molecule has 3 nitrogen and oxygen atoms in total. The van der Waals surface area contributed by atoms with E-state index >= 15 is 0 Å². The molecule has 0 aliphatic rings. The molecule has 1 aromatic heterocycles. The van der Waals surface area contributed by atoms with Crippen molar-refractivity contribution in [3.8, 4) is 0 Å². The Morgan fingerprint density at radius 3 is 2.59 bits per heavy atom. The van der Waals surface area contributed by atoms with E-state index in [1.165, 1.54) is 5.56 Å². The Morgan fingerprint density at radius 2 is 1.88 bits per heavy atom. The van der Waals surface area contributed by atoms with Crippen LogP contribution in [0, 0.1) is 13.8 Å². The first-order chi connectivity index (χ1) is 8.16. The lowest BCUT2D eigenvalue weighted by molar-refractivity contribution is 0.949. The topological polar surface area (TPSA) is 51.8 Å². The highest BCUT2D eigenvalue weighted by molar-refractivity contribution is 7.98. The van der Waals surface area contributed by atoms with Crippen molar-refractivity contribution in [2.24, 2.45) is 0 Å². The number of aromatic nitrogens is 2. The van der Waals surface area contributed by atoms with E-state index in [1.54, 1.807) is 11.8 Å². The highest BCUT2D eigenvalue weighted by Crippen LogP contribution is 2.23. The van der Waals surface area contributed by atoms with Crippen LogP contribution in [0.15, 0.2) is 35.7 Å². The summed E-state index contributed by atoms with van der Waals surface area (Å²) >= 11 is 1.63. The molecule has 0 amide bonds. The van der Waals surface area contributed by atoms with Crippen LogP contribution in [0.3, 0.4) is 0 Å². The molecule has 0 saturated heterocycles. The van der Waals surface area contributed by atoms with E-state index in [9.17, 15) is 0 Å². The largest absolute Gasteiger partial charge is 0.399 e. The summed E-state index contributed by atoms with van der Waals surface area (Å²) in [7, 11) is 0. The first-order valence-corrected chi connectivity index (χ1v) is 6.41. The Morgan fingerprint density at radius 1 is 1.18 bits per heavy atom. The number of nitrogens with zero attached hydrogens (tertiary/aromatic N) is 2. The number of nitrogens with two attached hydrogens (primary N) is 1. The molecular formula is C13H15N3S. The number of nitrogen functional groups attached to an aromatic ring is 1. The highest BCUT2D eigenvalue weighted by atomic mass is 32.2. The Hall–Kier alpha value is -1.55. The summed E-state index contributed by atoms with van der Waals surface area (Å²) in [6.07, 6.45) is 3.67. The van der Waals surface area contributed by atoms with Gasteiger partial charge in [-0.25, -0.2) is 9.97 Å². The first kappa shape index (κ1) is 11.9. The van der Waals surface area contributed by atoms with Gasteiger partial charge in [-0.05, 0) is 36.6 Å². The van der Waals surface area contributed by atoms with Gasteiger partial charge in [0, 0.05) is 23.8 Å². The summed E-state index contributed by atoms with van der Waals surface area (Å²) in [5.41, 5.74) is 10.2. The third kappa shape index (κ3) is 2.97. The molecule has 0 bridgehead atoms. The van der Waals surface area contributed by atoms with Crippen LogP contribution in [0.4, 0.5) is 5.69 Å². The van der Waals surface area contributed by atoms with E-state index < -0.39 is 0 Å². The molecule has 0 aliphatic carbocycles. The van der Waals surface area contributed by atoms with Crippen LogP contribution in [-0.4, -0.2) is 9.97 Å². The maximum atomic E-state index is 5.87. The number of aryl methyl sites for hydroxylation is 1. The number of thioether (sulfide) groups is 1. The van der Waals surface area contributed by atoms with Crippen LogP contribution in [0.1, 0.15) is 16.7 Å². The third-order valence-electron chi connectivity index (χ3n) is 2.60. The van der Waals surface area contributed by atoms with Gasteiger partial charge in [0.25, 0.3) is 0 Å². The van der Waals surface area contributed by atoms with Crippen molar-refractivity contribution in [2.75, 3.05) is 5.73 Å². The second-order valence-electron chi connectivity index (χ2n) is 3.96. The number of benzene rings is 1. The average Bonchev–Trinajstić information content (AvgIpc) is 2.33. The second kappa shape index (κ2) is 5.19. The molecule has 0 radical (unpaired) electrons. The van der Waals surface area contributed by atoms with E-state index in [-0.39, 0.29) is 0 Å². The quantitative estimate of drug-likeness (QED) is 0.513. The molecule has 1 heterocycles. The molecular weight excluding hydrogens is 230 g/mol. The third-order valence-corrected chi connectivity index (χ3v) is 3.53. The molecule has 2 rings (SSSR count). The Kier molecular flexibility index (Phi) is 3.64. The van der Waals surface area contributed by atoms with Crippen molar-refractivity contribution < 1.29 is 0 Å². The smallest absolute Gasteiger partial charge is 0.187 e. The van der Waals surface area contributed by atoms with E-state index in [4.69, 9.17) is 5.73 Å². The molecule has 4 heteroatoms. The normalized spacial score (nSPS) is 10.5. The first-order valence-electron chi connectivity index (χ1n) is 5.42. The van der Waals surface area contributed by atoms with Gasteiger partial charge in [0.1, 0.15) is 0 Å². The minimum atomic E-state index is 0.803. The molecule has 88 valence electrons. The second-order valence-corrected chi connectivity index (χ2v) is 4.91. The minimum absolute atomic E-state index is 0.803. The van der Waals surface area contributed by atoms with Crippen LogP contribution >= 0.6 is 11.8 Å². The number of hydrogen-bond donors (Lipinski definition) is 1. The molecule has 0 unspecified atom stereocenters. The van der Waals surface area contributed by atoms with Crippen molar-refractivity contribution >= 4 is 17.4 Å². The van der Waals surface area contributed by atoms with Crippen molar-refractivity contribution in [3.05, 3.63) is 47.3 Å². The summed E-state index contributed by atoms with van der Waals surface area (Å²) < 4.78 is 0. The van der Waals surface area contributed by atoms with E-state index in [2.05, 4.69) is 16.0 Å². The number of anilines is 1. The molecule has 2 aromatic rings. The minimum Gasteiger partial charge on any atom is -0.399 e. The van der Waals surface area contributed by atoms with Crippen LogP contribution in [0.5, 0.6) is 0 Å².